The van der Waals surface area contributed by atoms with E-state index in [-0.39, 0.29) is 25.0 Å². The Bertz CT molecular complexity index is 1080. The summed E-state index contributed by atoms with van der Waals surface area (Å²) in [5.74, 6) is 0.332. The minimum absolute atomic E-state index is 0.0450. The number of aromatic nitrogens is 3. The van der Waals surface area contributed by atoms with Crippen molar-refractivity contribution in [2.24, 2.45) is 0 Å². The van der Waals surface area contributed by atoms with E-state index in [1.807, 2.05) is 54.0 Å². The molecule has 3 heterocycles. The Hall–Kier alpha value is -2.45. The van der Waals surface area contributed by atoms with Crippen molar-refractivity contribution in [2.45, 2.75) is 20.1 Å². The predicted molar refractivity (Wildman–Crippen MR) is 102 cm³/mol. The zero-order valence-electron chi connectivity index (χ0n) is 13.8. The first-order chi connectivity index (χ1) is 12.6. The molecule has 0 amide bonds. The molecule has 0 bridgehead atoms. The number of carbonyl (C=O) groups excluding carboxylic acids is 1. The Balaban J connectivity index is 1.41. The van der Waals surface area contributed by atoms with Crippen molar-refractivity contribution in [3.63, 3.8) is 0 Å². The van der Waals surface area contributed by atoms with E-state index in [2.05, 4.69) is 26.1 Å². The van der Waals surface area contributed by atoms with Gasteiger partial charge in [-0.1, -0.05) is 18.2 Å². The normalized spacial score (nSPS) is 11.2. The number of hydrogen-bond donors (Lipinski definition) is 0. The summed E-state index contributed by atoms with van der Waals surface area (Å²) >= 11 is 4.89. The van der Waals surface area contributed by atoms with Crippen LogP contribution in [-0.4, -0.2) is 20.7 Å². The molecule has 8 heteroatoms. The number of halogens is 1. The SMILES string of the molecule is Cc1cc2ccccc2n1CC(=O)OCc1nnc(-c2ccc(Br)s2)o1. The van der Waals surface area contributed by atoms with Crippen LogP contribution in [0.25, 0.3) is 21.7 Å². The maximum absolute atomic E-state index is 12.2. The van der Waals surface area contributed by atoms with Gasteiger partial charge in [0.25, 0.3) is 11.8 Å². The lowest BCUT2D eigenvalue weighted by molar-refractivity contribution is -0.146. The summed E-state index contributed by atoms with van der Waals surface area (Å²) in [7, 11) is 0. The summed E-state index contributed by atoms with van der Waals surface area (Å²) in [6.45, 7) is 2.06. The van der Waals surface area contributed by atoms with Gasteiger partial charge in [0.05, 0.1) is 8.66 Å². The highest BCUT2D eigenvalue weighted by atomic mass is 79.9. The first-order valence-corrected chi connectivity index (χ1v) is 9.50. The minimum atomic E-state index is -0.354. The number of ether oxygens (including phenoxy) is 1. The van der Waals surface area contributed by atoms with Gasteiger partial charge in [-0.25, -0.2) is 0 Å². The molecule has 0 unspecified atom stereocenters. The van der Waals surface area contributed by atoms with E-state index in [0.717, 1.165) is 25.3 Å². The highest BCUT2D eigenvalue weighted by molar-refractivity contribution is 9.11. The topological polar surface area (TPSA) is 70.2 Å². The van der Waals surface area contributed by atoms with Gasteiger partial charge in [0, 0.05) is 11.2 Å². The monoisotopic (exact) mass is 431 g/mol. The second-order valence-corrected chi connectivity index (χ2v) is 8.16. The lowest BCUT2D eigenvalue weighted by Crippen LogP contribution is -2.14. The lowest BCUT2D eigenvalue weighted by Gasteiger charge is -2.07. The van der Waals surface area contributed by atoms with Crippen LogP contribution in [0.1, 0.15) is 11.6 Å². The molecule has 0 aliphatic heterocycles. The van der Waals surface area contributed by atoms with Gasteiger partial charge in [-0.2, -0.15) is 0 Å². The Morgan fingerprint density at radius 2 is 2.12 bits per heavy atom. The van der Waals surface area contributed by atoms with E-state index in [1.54, 1.807) is 0 Å². The maximum atomic E-state index is 12.2. The van der Waals surface area contributed by atoms with Crippen LogP contribution >= 0.6 is 27.3 Å². The molecule has 0 saturated heterocycles. The van der Waals surface area contributed by atoms with Crippen LogP contribution in [0.2, 0.25) is 0 Å². The van der Waals surface area contributed by atoms with Crippen LogP contribution in [0.5, 0.6) is 0 Å². The molecule has 26 heavy (non-hydrogen) atoms. The summed E-state index contributed by atoms with van der Waals surface area (Å²) in [4.78, 5) is 13.1. The van der Waals surface area contributed by atoms with Crippen molar-refractivity contribution < 1.29 is 13.9 Å². The first-order valence-electron chi connectivity index (χ1n) is 7.89. The Morgan fingerprint density at radius 3 is 2.92 bits per heavy atom. The van der Waals surface area contributed by atoms with E-state index in [9.17, 15) is 4.79 Å². The van der Waals surface area contributed by atoms with E-state index in [1.165, 1.54) is 11.3 Å². The molecule has 132 valence electrons. The minimum Gasteiger partial charge on any atom is -0.454 e. The lowest BCUT2D eigenvalue weighted by atomic mass is 10.2. The van der Waals surface area contributed by atoms with Crippen LogP contribution in [0.3, 0.4) is 0 Å². The van der Waals surface area contributed by atoms with Crippen molar-refractivity contribution in [1.29, 1.82) is 0 Å². The number of nitrogens with zero attached hydrogens (tertiary/aromatic N) is 3. The van der Waals surface area contributed by atoms with E-state index in [0.29, 0.717) is 5.89 Å². The van der Waals surface area contributed by atoms with Crippen LogP contribution in [0, 0.1) is 6.92 Å². The van der Waals surface area contributed by atoms with Crippen molar-refractivity contribution in [3.05, 3.63) is 57.8 Å². The second-order valence-electron chi connectivity index (χ2n) is 5.70. The molecule has 0 atom stereocenters. The third-order valence-electron chi connectivity index (χ3n) is 3.91. The van der Waals surface area contributed by atoms with Crippen LogP contribution in [0.15, 0.2) is 50.7 Å². The summed E-state index contributed by atoms with van der Waals surface area (Å²) in [5.41, 5.74) is 2.01. The Labute approximate surface area is 161 Å². The number of para-hydroxylation sites is 1. The van der Waals surface area contributed by atoms with Gasteiger partial charge < -0.3 is 13.7 Å². The average Bonchev–Trinajstić information content (AvgIpc) is 3.33. The van der Waals surface area contributed by atoms with Gasteiger partial charge in [0.1, 0.15) is 6.54 Å². The number of hydrogen-bond acceptors (Lipinski definition) is 6. The summed E-state index contributed by atoms with van der Waals surface area (Å²) in [5, 5.41) is 9.01. The Morgan fingerprint density at radius 1 is 1.27 bits per heavy atom. The molecule has 4 aromatic rings. The van der Waals surface area contributed by atoms with Gasteiger partial charge in [0.15, 0.2) is 6.61 Å². The van der Waals surface area contributed by atoms with Gasteiger partial charge >= 0.3 is 5.97 Å². The molecule has 0 radical (unpaired) electrons. The van der Waals surface area contributed by atoms with Crippen LogP contribution in [0.4, 0.5) is 0 Å². The Kier molecular flexibility index (Phi) is 4.60. The smallest absolute Gasteiger partial charge is 0.326 e. The number of benzene rings is 1. The third kappa shape index (κ3) is 3.42. The predicted octanol–water partition coefficient (Wildman–Crippen LogP) is 4.57. The molecule has 0 saturated carbocycles. The van der Waals surface area contributed by atoms with Gasteiger partial charge in [-0.05, 0) is 52.5 Å². The molecule has 0 aliphatic carbocycles. The second kappa shape index (κ2) is 7.05. The number of fused-ring (bicyclic) bond motifs is 1. The summed E-state index contributed by atoms with van der Waals surface area (Å²) in [6.07, 6.45) is 0. The molecule has 3 aromatic heterocycles. The largest absolute Gasteiger partial charge is 0.454 e. The average molecular weight is 432 g/mol. The van der Waals surface area contributed by atoms with E-state index >= 15 is 0 Å². The van der Waals surface area contributed by atoms with E-state index in [4.69, 9.17) is 9.15 Å². The number of thiophene rings is 1. The molecular weight excluding hydrogens is 418 g/mol. The zero-order valence-corrected chi connectivity index (χ0v) is 16.2. The van der Waals surface area contributed by atoms with Crippen molar-refractivity contribution >= 4 is 44.1 Å². The van der Waals surface area contributed by atoms with Gasteiger partial charge in [0.2, 0.25) is 0 Å². The molecule has 4 rings (SSSR count). The van der Waals surface area contributed by atoms with Gasteiger partial charge in [-0.3, -0.25) is 4.79 Å². The molecule has 0 aliphatic rings. The van der Waals surface area contributed by atoms with Crippen molar-refractivity contribution in [1.82, 2.24) is 14.8 Å². The fourth-order valence-electron chi connectivity index (χ4n) is 2.72. The first kappa shape index (κ1) is 17.0. The molecule has 0 spiro atoms. The number of aryl methyl sites for hydroxylation is 1. The van der Waals surface area contributed by atoms with Crippen LogP contribution in [-0.2, 0) is 22.7 Å². The maximum Gasteiger partial charge on any atom is 0.326 e. The number of rotatable bonds is 5. The van der Waals surface area contributed by atoms with Crippen molar-refractivity contribution in [3.8, 4) is 10.8 Å². The fraction of sp³-hybridized carbons (Fsp3) is 0.167. The molecule has 6 nitrogen and oxygen atoms in total. The molecule has 0 N–H and O–H groups in total. The highest BCUT2D eigenvalue weighted by Gasteiger charge is 2.14. The standard InChI is InChI=1S/C18H14BrN3O3S/c1-11-8-12-4-2-3-5-13(12)22(11)9-17(23)24-10-16-20-21-18(25-16)14-6-7-15(19)26-14/h2-8H,9-10H2,1H3. The summed E-state index contributed by atoms with van der Waals surface area (Å²) in [6, 6.07) is 13.8. The molecule has 0 fully saturated rings. The highest BCUT2D eigenvalue weighted by Crippen LogP contribution is 2.30. The van der Waals surface area contributed by atoms with Gasteiger partial charge in [-0.15, -0.1) is 21.5 Å². The van der Waals surface area contributed by atoms with Crippen LogP contribution < -0.4 is 0 Å². The van der Waals surface area contributed by atoms with Crippen molar-refractivity contribution in [2.75, 3.05) is 0 Å². The fourth-order valence-corrected chi connectivity index (χ4v) is 4.02. The number of carbonyl (C=O) groups is 1. The summed E-state index contributed by atoms with van der Waals surface area (Å²) < 4.78 is 13.8. The van der Waals surface area contributed by atoms with E-state index < -0.39 is 0 Å². The third-order valence-corrected chi connectivity index (χ3v) is 5.52. The number of esters is 1. The molecule has 1 aromatic carbocycles. The molecular formula is C18H14BrN3O3S. The quantitative estimate of drug-likeness (QED) is 0.432. The zero-order chi connectivity index (χ0) is 18.1.